The van der Waals surface area contributed by atoms with Crippen LogP contribution in [0.5, 0.6) is 0 Å². The second-order valence-corrected chi connectivity index (χ2v) is 5.30. The van der Waals surface area contributed by atoms with Gasteiger partial charge in [0.15, 0.2) is 0 Å². The molecule has 0 saturated heterocycles. The van der Waals surface area contributed by atoms with Gasteiger partial charge in [-0.2, -0.15) is 0 Å². The number of hydrogen-bond acceptors (Lipinski definition) is 2. The summed E-state index contributed by atoms with van der Waals surface area (Å²) in [4.78, 5) is 22.3. The number of aldehydes is 1. The average molecular weight is 198 g/mol. The Hall–Kier alpha value is -0.860. The summed E-state index contributed by atoms with van der Waals surface area (Å²) in [6, 6.07) is 0. The molecule has 1 N–H and O–H groups in total. The summed E-state index contributed by atoms with van der Waals surface area (Å²) in [5, 5.41) is 9.22. The van der Waals surface area contributed by atoms with E-state index in [1.54, 1.807) is 6.92 Å². The minimum absolute atomic E-state index is 0.492. The monoisotopic (exact) mass is 198 g/mol. The van der Waals surface area contributed by atoms with E-state index in [-0.39, 0.29) is 0 Å². The smallest absolute Gasteiger partial charge is 0.309 e. The van der Waals surface area contributed by atoms with Crippen molar-refractivity contribution < 1.29 is 14.7 Å². The van der Waals surface area contributed by atoms with Crippen molar-refractivity contribution in [3.63, 3.8) is 0 Å². The van der Waals surface area contributed by atoms with Crippen molar-refractivity contribution in [2.24, 2.45) is 16.2 Å². The standard InChI is InChI=1S/C11H18O3/c1-9(2)10(3,7-12)5-6-11(9,4)8(13)14/h7H,5-6H2,1-4H3,(H,13,14)/t10-,11+/m0/s1. The van der Waals surface area contributed by atoms with Gasteiger partial charge in [-0.25, -0.2) is 0 Å². The molecule has 1 rings (SSSR count). The van der Waals surface area contributed by atoms with Gasteiger partial charge in [0.05, 0.1) is 5.41 Å². The highest BCUT2D eigenvalue weighted by atomic mass is 16.4. The zero-order valence-electron chi connectivity index (χ0n) is 9.26. The molecule has 80 valence electrons. The summed E-state index contributed by atoms with van der Waals surface area (Å²) in [6.07, 6.45) is 2.15. The second-order valence-electron chi connectivity index (χ2n) is 5.30. The van der Waals surface area contributed by atoms with Gasteiger partial charge in [-0.15, -0.1) is 0 Å². The van der Waals surface area contributed by atoms with Crippen molar-refractivity contribution in [3.05, 3.63) is 0 Å². The van der Waals surface area contributed by atoms with Crippen LogP contribution >= 0.6 is 0 Å². The third-order valence-electron chi connectivity index (χ3n) is 4.68. The summed E-state index contributed by atoms with van der Waals surface area (Å²) in [5.41, 5.74) is -1.80. The molecule has 1 aliphatic rings. The Kier molecular flexibility index (Phi) is 2.25. The highest BCUT2D eigenvalue weighted by molar-refractivity contribution is 5.78. The van der Waals surface area contributed by atoms with Crippen LogP contribution in [-0.4, -0.2) is 17.4 Å². The van der Waals surface area contributed by atoms with Crippen molar-refractivity contribution in [2.75, 3.05) is 0 Å². The molecule has 0 aromatic rings. The molecule has 0 aromatic carbocycles. The van der Waals surface area contributed by atoms with Crippen LogP contribution < -0.4 is 0 Å². The lowest BCUT2D eigenvalue weighted by molar-refractivity contribution is -0.156. The largest absolute Gasteiger partial charge is 0.481 e. The second kappa shape index (κ2) is 2.81. The Labute approximate surface area is 84.5 Å². The van der Waals surface area contributed by atoms with Gasteiger partial charge >= 0.3 is 5.97 Å². The molecule has 3 nitrogen and oxygen atoms in total. The molecule has 14 heavy (non-hydrogen) atoms. The first-order chi connectivity index (χ1) is 6.21. The SMILES string of the molecule is CC1(C)[C@](C)(C=O)CC[C@]1(C)C(=O)O. The van der Waals surface area contributed by atoms with Crippen molar-refractivity contribution in [2.45, 2.75) is 40.5 Å². The maximum Gasteiger partial charge on any atom is 0.309 e. The minimum Gasteiger partial charge on any atom is -0.481 e. The van der Waals surface area contributed by atoms with Gasteiger partial charge in [-0.1, -0.05) is 20.8 Å². The average Bonchev–Trinajstić information content (AvgIpc) is 2.28. The van der Waals surface area contributed by atoms with Crippen LogP contribution in [0.4, 0.5) is 0 Å². The molecule has 1 saturated carbocycles. The molecule has 0 radical (unpaired) electrons. The molecule has 0 aliphatic heterocycles. The first-order valence-corrected chi connectivity index (χ1v) is 4.91. The number of rotatable bonds is 2. The molecule has 0 aromatic heterocycles. The van der Waals surface area contributed by atoms with Gasteiger partial charge in [0, 0.05) is 5.41 Å². The molecular weight excluding hydrogens is 180 g/mol. The van der Waals surface area contributed by atoms with Crippen LogP contribution in [0.3, 0.4) is 0 Å². The Morgan fingerprint density at radius 3 is 1.93 bits per heavy atom. The van der Waals surface area contributed by atoms with Crippen LogP contribution in [0.25, 0.3) is 0 Å². The number of carbonyl (C=O) groups excluding carboxylic acids is 1. The molecule has 3 heteroatoms. The normalized spacial score (nSPS) is 40.9. The van der Waals surface area contributed by atoms with Crippen molar-refractivity contribution >= 4 is 12.3 Å². The lowest BCUT2D eigenvalue weighted by Gasteiger charge is -2.42. The quantitative estimate of drug-likeness (QED) is 0.691. The van der Waals surface area contributed by atoms with Gasteiger partial charge in [0.1, 0.15) is 6.29 Å². The topological polar surface area (TPSA) is 54.4 Å². The van der Waals surface area contributed by atoms with Crippen LogP contribution in [0.2, 0.25) is 0 Å². The Morgan fingerprint density at radius 2 is 1.71 bits per heavy atom. The van der Waals surface area contributed by atoms with Gasteiger partial charge in [-0.05, 0) is 25.2 Å². The Bertz CT molecular complexity index is 282. The lowest BCUT2D eigenvalue weighted by Crippen LogP contribution is -2.45. The number of carboxylic acids is 1. The van der Waals surface area contributed by atoms with E-state index < -0.39 is 22.2 Å². The van der Waals surface area contributed by atoms with Crippen molar-refractivity contribution in [1.82, 2.24) is 0 Å². The number of carboxylic acid groups (broad SMARTS) is 1. The van der Waals surface area contributed by atoms with E-state index in [1.807, 2.05) is 20.8 Å². The first kappa shape index (κ1) is 11.2. The molecule has 0 bridgehead atoms. The molecule has 2 atom stereocenters. The van der Waals surface area contributed by atoms with Gasteiger partial charge in [0.2, 0.25) is 0 Å². The third kappa shape index (κ3) is 1.04. The van der Waals surface area contributed by atoms with Crippen molar-refractivity contribution in [3.8, 4) is 0 Å². The minimum atomic E-state index is -0.798. The summed E-state index contributed by atoms with van der Waals surface area (Å²) in [6.45, 7) is 7.35. The van der Waals surface area contributed by atoms with E-state index in [2.05, 4.69) is 0 Å². The molecule has 1 aliphatic carbocycles. The third-order valence-corrected chi connectivity index (χ3v) is 4.68. The van der Waals surface area contributed by atoms with E-state index >= 15 is 0 Å². The molecule has 1 fully saturated rings. The highest BCUT2D eigenvalue weighted by Crippen LogP contribution is 2.61. The van der Waals surface area contributed by atoms with E-state index in [0.29, 0.717) is 12.8 Å². The predicted molar refractivity (Wildman–Crippen MR) is 52.9 cm³/mol. The van der Waals surface area contributed by atoms with Crippen LogP contribution in [0.15, 0.2) is 0 Å². The first-order valence-electron chi connectivity index (χ1n) is 4.91. The zero-order chi connectivity index (χ0) is 11.2. The van der Waals surface area contributed by atoms with Crippen LogP contribution in [-0.2, 0) is 9.59 Å². The molecule has 0 spiro atoms. The summed E-state index contributed by atoms with van der Waals surface area (Å²) in [7, 11) is 0. The lowest BCUT2D eigenvalue weighted by atomic mass is 9.60. The van der Waals surface area contributed by atoms with Gasteiger partial charge in [0.25, 0.3) is 0 Å². The number of hydrogen-bond donors (Lipinski definition) is 1. The van der Waals surface area contributed by atoms with Crippen molar-refractivity contribution in [1.29, 1.82) is 0 Å². The molecule has 0 heterocycles. The highest BCUT2D eigenvalue weighted by Gasteiger charge is 2.61. The summed E-state index contributed by atoms with van der Waals surface area (Å²) < 4.78 is 0. The van der Waals surface area contributed by atoms with Crippen LogP contribution in [0.1, 0.15) is 40.5 Å². The molecule has 0 amide bonds. The maximum atomic E-state index is 11.2. The summed E-state index contributed by atoms with van der Waals surface area (Å²) in [5.74, 6) is -0.798. The van der Waals surface area contributed by atoms with Crippen LogP contribution in [0, 0.1) is 16.2 Å². The molecular formula is C11H18O3. The zero-order valence-corrected chi connectivity index (χ0v) is 9.26. The maximum absolute atomic E-state index is 11.2. The van der Waals surface area contributed by atoms with E-state index in [9.17, 15) is 14.7 Å². The summed E-state index contributed by atoms with van der Waals surface area (Å²) >= 11 is 0. The fraction of sp³-hybridized carbons (Fsp3) is 0.818. The predicted octanol–water partition coefficient (Wildman–Crippen LogP) is 2.10. The fourth-order valence-corrected chi connectivity index (χ4v) is 2.35. The van der Waals surface area contributed by atoms with E-state index in [4.69, 9.17) is 0 Å². The van der Waals surface area contributed by atoms with Gasteiger partial charge in [-0.3, -0.25) is 4.79 Å². The fourth-order valence-electron chi connectivity index (χ4n) is 2.35. The van der Waals surface area contributed by atoms with E-state index in [0.717, 1.165) is 6.29 Å². The Morgan fingerprint density at radius 1 is 1.21 bits per heavy atom. The number of aliphatic carboxylic acids is 1. The Balaban J connectivity index is 3.21. The van der Waals surface area contributed by atoms with Gasteiger partial charge < -0.3 is 9.90 Å². The number of carbonyl (C=O) groups is 2. The molecule has 0 unspecified atom stereocenters. The van der Waals surface area contributed by atoms with E-state index in [1.165, 1.54) is 0 Å².